The van der Waals surface area contributed by atoms with Crippen LogP contribution in [0.1, 0.15) is 5.69 Å². The van der Waals surface area contributed by atoms with Crippen LogP contribution >= 0.6 is 0 Å². The molecular weight excluding hydrogens is 242 g/mol. The van der Waals surface area contributed by atoms with Crippen LogP contribution in [0.15, 0.2) is 54.7 Å². The lowest BCUT2D eigenvalue weighted by Crippen LogP contribution is -2.38. The molecule has 2 rings (SSSR count). The largest absolute Gasteiger partial charge is 0.332 e. The average Bonchev–Trinajstić information content (AvgIpc) is 2.48. The number of benzene rings is 1. The minimum atomic E-state index is -0.480. The van der Waals surface area contributed by atoms with Crippen molar-refractivity contribution in [1.82, 2.24) is 10.3 Å². The second-order valence-electron chi connectivity index (χ2n) is 3.79. The van der Waals surface area contributed by atoms with Crippen LogP contribution in [0.4, 0.5) is 10.5 Å². The second kappa shape index (κ2) is 6.30. The van der Waals surface area contributed by atoms with Crippen molar-refractivity contribution in [3.8, 4) is 0 Å². The summed E-state index contributed by atoms with van der Waals surface area (Å²) in [6.07, 6.45) is 2.14. The summed E-state index contributed by atoms with van der Waals surface area (Å²) >= 11 is 0. The van der Waals surface area contributed by atoms with Crippen molar-refractivity contribution in [1.29, 1.82) is 0 Å². The number of carbonyl (C=O) groups is 2. The number of imide groups is 1. The molecule has 3 amide bonds. The van der Waals surface area contributed by atoms with Gasteiger partial charge in [-0.25, -0.2) is 9.69 Å². The fourth-order valence-electron chi connectivity index (χ4n) is 1.57. The highest BCUT2D eigenvalue weighted by molar-refractivity contribution is 6.05. The molecule has 1 heterocycles. The standard InChI is InChI=1S/C14H13N3O2/c18-11-17(13-7-2-1-3-8-13)14(19)16-10-12-6-4-5-9-15-12/h1-9,11H,10H2,(H,16,19). The number of amides is 3. The fraction of sp³-hybridized carbons (Fsp3) is 0.0714. The van der Waals surface area contributed by atoms with Crippen molar-refractivity contribution in [2.24, 2.45) is 0 Å². The molecule has 2 aromatic rings. The van der Waals surface area contributed by atoms with E-state index in [0.717, 1.165) is 10.6 Å². The smallest absolute Gasteiger partial charge is 0.328 e. The van der Waals surface area contributed by atoms with Crippen molar-refractivity contribution in [2.75, 3.05) is 4.90 Å². The molecular formula is C14H13N3O2. The third kappa shape index (κ3) is 3.38. The highest BCUT2D eigenvalue weighted by Crippen LogP contribution is 2.11. The number of urea groups is 1. The van der Waals surface area contributed by atoms with Crippen LogP contribution in [-0.4, -0.2) is 17.4 Å². The molecule has 96 valence electrons. The Morgan fingerprint density at radius 2 is 1.89 bits per heavy atom. The number of nitrogens with one attached hydrogen (secondary N) is 1. The topological polar surface area (TPSA) is 62.3 Å². The Labute approximate surface area is 110 Å². The molecule has 5 heteroatoms. The van der Waals surface area contributed by atoms with Crippen LogP contribution in [-0.2, 0) is 11.3 Å². The number of carbonyl (C=O) groups excluding carboxylic acids is 2. The summed E-state index contributed by atoms with van der Waals surface area (Å²) in [5.41, 5.74) is 1.26. The molecule has 19 heavy (non-hydrogen) atoms. The van der Waals surface area contributed by atoms with Gasteiger partial charge < -0.3 is 5.32 Å². The van der Waals surface area contributed by atoms with Crippen molar-refractivity contribution in [2.45, 2.75) is 6.54 Å². The van der Waals surface area contributed by atoms with Gasteiger partial charge in [-0.1, -0.05) is 24.3 Å². The lowest BCUT2D eigenvalue weighted by atomic mass is 10.3. The van der Waals surface area contributed by atoms with E-state index in [0.29, 0.717) is 12.1 Å². The number of anilines is 1. The predicted molar refractivity (Wildman–Crippen MR) is 71.5 cm³/mol. The molecule has 5 nitrogen and oxygen atoms in total. The van der Waals surface area contributed by atoms with E-state index < -0.39 is 6.03 Å². The Kier molecular flexibility index (Phi) is 4.23. The molecule has 0 spiro atoms. The molecule has 1 aromatic heterocycles. The van der Waals surface area contributed by atoms with E-state index in [9.17, 15) is 9.59 Å². The normalized spacial score (nSPS) is 9.68. The Bertz CT molecular complexity index is 543. The van der Waals surface area contributed by atoms with E-state index >= 15 is 0 Å². The van der Waals surface area contributed by atoms with Crippen LogP contribution < -0.4 is 10.2 Å². The highest BCUT2D eigenvalue weighted by atomic mass is 16.2. The Balaban J connectivity index is 2.00. The zero-order valence-electron chi connectivity index (χ0n) is 10.2. The Morgan fingerprint density at radius 3 is 2.53 bits per heavy atom. The zero-order valence-corrected chi connectivity index (χ0v) is 10.2. The molecule has 0 atom stereocenters. The number of para-hydroxylation sites is 1. The van der Waals surface area contributed by atoms with Gasteiger partial charge in [0.1, 0.15) is 0 Å². The number of pyridine rings is 1. The van der Waals surface area contributed by atoms with Crippen LogP contribution in [0.5, 0.6) is 0 Å². The quantitative estimate of drug-likeness (QED) is 0.849. The summed E-state index contributed by atoms with van der Waals surface area (Å²) in [5.74, 6) is 0. The minimum Gasteiger partial charge on any atom is -0.332 e. The first-order valence-corrected chi connectivity index (χ1v) is 5.78. The van der Waals surface area contributed by atoms with Gasteiger partial charge in [-0.15, -0.1) is 0 Å². The summed E-state index contributed by atoms with van der Waals surface area (Å²) in [5, 5.41) is 2.64. The molecule has 0 saturated heterocycles. The molecule has 0 aliphatic rings. The Morgan fingerprint density at radius 1 is 1.16 bits per heavy atom. The van der Waals surface area contributed by atoms with Gasteiger partial charge in [0.2, 0.25) is 6.41 Å². The van der Waals surface area contributed by atoms with Gasteiger partial charge in [0.25, 0.3) is 0 Å². The summed E-state index contributed by atoms with van der Waals surface area (Å²) in [6.45, 7) is 0.275. The van der Waals surface area contributed by atoms with Gasteiger partial charge in [-0.2, -0.15) is 0 Å². The molecule has 0 unspecified atom stereocenters. The number of aromatic nitrogens is 1. The third-order valence-corrected chi connectivity index (χ3v) is 2.51. The predicted octanol–water partition coefficient (Wildman–Crippen LogP) is 1.95. The first kappa shape index (κ1) is 12.8. The second-order valence-corrected chi connectivity index (χ2v) is 3.79. The summed E-state index contributed by atoms with van der Waals surface area (Å²) in [7, 11) is 0. The highest BCUT2D eigenvalue weighted by Gasteiger charge is 2.13. The molecule has 0 radical (unpaired) electrons. The lowest BCUT2D eigenvalue weighted by Gasteiger charge is -2.16. The molecule has 0 fully saturated rings. The maximum atomic E-state index is 11.9. The van der Waals surface area contributed by atoms with E-state index in [2.05, 4.69) is 10.3 Å². The molecule has 0 aliphatic carbocycles. The first-order valence-electron chi connectivity index (χ1n) is 5.78. The van der Waals surface area contributed by atoms with E-state index in [1.165, 1.54) is 0 Å². The Hall–Kier alpha value is -2.69. The van der Waals surface area contributed by atoms with Crippen LogP contribution in [0, 0.1) is 0 Å². The van der Waals surface area contributed by atoms with E-state index in [-0.39, 0.29) is 6.54 Å². The van der Waals surface area contributed by atoms with Crippen LogP contribution in [0.25, 0.3) is 0 Å². The fourth-order valence-corrected chi connectivity index (χ4v) is 1.57. The lowest BCUT2D eigenvalue weighted by molar-refractivity contribution is -0.106. The van der Waals surface area contributed by atoms with Gasteiger partial charge in [0, 0.05) is 6.20 Å². The van der Waals surface area contributed by atoms with E-state index in [1.54, 1.807) is 42.6 Å². The zero-order chi connectivity index (χ0) is 13.5. The van der Waals surface area contributed by atoms with Crippen molar-refractivity contribution >= 4 is 18.1 Å². The maximum Gasteiger partial charge on any atom is 0.328 e. The average molecular weight is 255 g/mol. The van der Waals surface area contributed by atoms with E-state index in [1.807, 2.05) is 12.1 Å². The molecule has 0 aliphatic heterocycles. The number of rotatable bonds is 4. The van der Waals surface area contributed by atoms with Gasteiger partial charge in [0.15, 0.2) is 0 Å². The SMILES string of the molecule is O=CN(C(=O)NCc1ccccn1)c1ccccc1. The van der Waals surface area contributed by atoms with Crippen LogP contribution in [0.2, 0.25) is 0 Å². The van der Waals surface area contributed by atoms with Crippen molar-refractivity contribution in [3.63, 3.8) is 0 Å². The first-order chi connectivity index (χ1) is 9.31. The van der Waals surface area contributed by atoms with Gasteiger partial charge >= 0.3 is 6.03 Å². The monoisotopic (exact) mass is 255 g/mol. The van der Waals surface area contributed by atoms with Crippen molar-refractivity contribution < 1.29 is 9.59 Å². The molecule has 1 aromatic carbocycles. The third-order valence-electron chi connectivity index (χ3n) is 2.51. The summed E-state index contributed by atoms with van der Waals surface area (Å²) in [4.78, 5) is 28.0. The molecule has 0 bridgehead atoms. The van der Waals surface area contributed by atoms with Crippen LogP contribution in [0.3, 0.4) is 0 Å². The van der Waals surface area contributed by atoms with Gasteiger partial charge in [0.05, 0.1) is 17.9 Å². The van der Waals surface area contributed by atoms with Gasteiger partial charge in [-0.05, 0) is 24.3 Å². The molecule has 1 N–H and O–H groups in total. The van der Waals surface area contributed by atoms with Crippen molar-refractivity contribution in [3.05, 3.63) is 60.4 Å². The molecule has 0 saturated carbocycles. The number of hydrogen-bond acceptors (Lipinski definition) is 3. The minimum absolute atomic E-state index is 0.275. The van der Waals surface area contributed by atoms with Gasteiger partial charge in [-0.3, -0.25) is 9.78 Å². The number of hydrogen-bond donors (Lipinski definition) is 1. The number of nitrogens with zero attached hydrogens (tertiary/aromatic N) is 2. The van der Waals surface area contributed by atoms with E-state index in [4.69, 9.17) is 0 Å². The maximum absolute atomic E-state index is 11.9. The summed E-state index contributed by atoms with van der Waals surface area (Å²) < 4.78 is 0. The summed E-state index contributed by atoms with van der Waals surface area (Å²) in [6, 6.07) is 13.7.